The SMILES string of the molecule is CS(=O)(=O)c1cc([N+](=O)[O-])c(N2CCC(n3c(=O)[nH]c4ccccc43)CC2)s1. The Morgan fingerprint density at radius 1 is 1.25 bits per heavy atom. The lowest BCUT2D eigenvalue weighted by molar-refractivity contribution is -0.383. The molecular weight excluding hydrogens is 404 g/mol. The van der Waals surface area contributed by atoms with Crippen LogP contribution in [0, 0.1) is 10.1 Å². The first kappa shape index (κ1) is 18.7. The number of aromatic amines is 1. The third-order valence-electron chi connectivity index (χ3n) is 4.97. The normalized spacial score (nSPS) is 16.0. The van der Waals surface area contributed by atoms with E-state index in [4.69, 9.17) is 0 Å². The number of sulfone groups is 1. The number of H-pyrrole nitrogens is 1. The molecule has 148 valence electrons. The molecule has 1 aliphatic heterocycles. The highest BCUT2D eigenvalue weighted by Gasteiger charge is 2.31. The Morgan fingerprint density at radius 2 is 1.93 bits per heavy atom. The Morgan fingerprint density at radius 3 is 2.57 bits per heavy atom. The molecule has 3 aromatic rings. The maximum Gasteiger partial charge on any atom is 0.326 e. The van der Waals surface area contributed by atoms with Crippen LogP contribution >= 0.6 is 11.3 Å². The van der Waals surface area contributed by atoms with Crippen LogP contribution in [0.1, 0.15) is 18.9 Å². The molecule has 4 rings (SSSR count). The van der Waals surface area contributed by atoms with Gasteiger partial charge in [-0.05, 0) is 25.0 Å². The van der Waals surface area contributed by atoms with E-state index in [0.717, 1.165) is 34.7 Å². The molecule has 1 N–H and O–H groups in total. The summed E-state index contributed by atoms with van der Waals surface area (Å²) in [5.41, 5.74) is 1.27. The Labute approximate surface area is 164 Å². The minimum Gasteiger partial charge on any atom is -0.358 e. The molecule has 0 aliphatic carbocycles. The molecule has 28 heavy (non-hydrogen) atoms. The van der Waals surface area contributed by atoms with Crippen molar-refractivity contribution in [2.75, 3.05) is 24.2 Å². The lowest BCUT2D eigenvalue weighted by atomic mass is 10.0. The fourth-order valence-electron chi connectivity index (χ4n) is 3.65. The molecule has 11 heteroatoms. The first-order valence-electron chi connectivity index (χ1n) is 8.68. The monoisotopic (exact) mass is 422 g/mol. The van der Waals surface area contributed by atoms with Gasteiger partial charge in [-0.1, -0.05) is 23.5 Å². The average Bonchev–Trinajstić information content (AvgIpc) is 3.22. The molecule has 0 amide bonds. The number of rotatable bonds is 4. The Balaban J connectivity index is 1.61. The van der Waals surface area contributed by atoms with E-state index in [1.54, 1.807) is 4.57 Å². The summed E-state index contributed by atoms with van der Waals surface area (Å²) in [7, 11) is -3.52. The number of fused-ring (bicyclic) bond motifs is 1. The number of hydrogen-bond donors (Lipinski definition) is 1. The van der Waals surface area contributed by atoms with Crippen LogP contribution in [0.3, 0.4) is 0 Å². The molecule has 2 aromatic heterocycles. The minimum atomic E-state index is -3.52. The number of nitrogens with zero attached hydrogens (tertiary/aromatic N) is 3. The number of nitro groups is 1. The van der Waals surface area contributed by atoms with Crippen molar-refractivity contribution in [1.29, 1.82) is 0 Å². The van der Waals surface area contributed by atoms with Crippen molar-refractivity contribution >= 4 is 42.9 Å². The number of hydrogen-bond acceptors (Lipinski definition) is 7. The summed E-state index contributed by atoms with van der Waals surface area (Å²) in [6, 6.07) is 8.59. The first-order chi connectivity index (χ1) is 13.3. The van der Waals surface area contributed by atoms with Crippen molar-refractivity contribution in [3.05, 3.63) is 50.9 Å². The standard InChI is InChI=1S/C17H18N4O5S2/c1-28(25,26)15-10-14(21(23)24)16(27-15)19-8-6-11(7-9-19)20-13-5-3-2-4-12(13)18-17(20)22/h2-5,10-11H,6-9H2,1H3,(H,18,22). The highest BCUT2D eigenvalue weighted by atomic mass is 32.2. The van der Waals surface area contributed by atoms with Crippen molar-refractivity contribution in [1.82, 2.24) is 9.55 Å². The van der Waals surface area contributed by atoms with E-state index in [1.807, 2.05) is 29.2 Å². The topological polar surface area (TPSA) is 118 Å². The van der Waals surface area contributed by atoms with Gasteiger partial charge in [0.1, 0.15) is 4.21 Å². The van der Waals surface area contributed by atoms with Crippen molar-refractivity contribution in [3.63, 3.8) is 0 Å². The predicted molar refractivity (Wildman–Crippen MR) is 107 cm³/mol. The number of piperidine rings is 1. The van der Waals surface area contributed by atoms with Crippen molar-refractivity contribution in [2.45, 2.75) is 23.1 Å². The fraction of sp³-hybridized carbons (Fsp3) is 0.353. The average molecular weight is 422 g/mol. The molecular formula is C17H18N4O5S2. The van der Waals surface area contributed by atoms with Crippen LogP contribution in [0.15, 0.2) is 39.3 Å². The van der Waals surface area contributed by atoms with Gasteiger partial charge in [0.2, 0.25) is 0 Å². The molecule has 0 unspecified atom stereocenters. The van der Waals surface area contributed by atoms with Crippen LogP contribution < -0.4 is 10.6 Å². The second kappa shape index (κ2) is 6.74. The van der Waals surface area contributed by atoms with Crippen LogP contribution in [0.2, 0.25) is 0 Å². The lowest BCUT2D eigenvalue weighted by Crippen LogP contribution is -2.36. The summed E-state index contributed by atoms with van der Waals surface area (Å²) >= 11 is 0.927. The second-order valence-corrected chi connectivity index (χ2v) is 10.1. The van der Waals surface area contributed by atoms with Gasteiger partial charge in [0.25, 0.3) is 0 Å². The lowest BCUT2D eigenvalue weighted by Gasteiger charge is -2.32. The molecule has 0 spiro atoms. The van der Waals surface area contributed by atoms with Gasteiger partial charge >= 0.3 is 11.4 Å². The maximum atomic E-state index is 12.4. The van der Waals surface area contributed by atoms with Gasteiger partial charge in [-0.3, -0.25) is 14.7 Å². The Hall–Kier alpha value is -2.66. The van der Waals surface area contributed by atoms with Gasteiger partial charge in [0, 0.05) is 31.5 Å². The van der Waals surface area contributed by atoms with Crippen LogP contribution in [0.25, 0.3) is 11.0 Å². The molecule has 1 aliphatic rings. The maximum absolute atomic E-state index is 12.4. The highest BCUT2D eigenvalue weighted by Crippen LogP contribution is 2.41. The smallest absolute Gasteiger partial charge is 0.326 e. The van der Waals surface area contributed by atoms with Crippen LogP contribution in [-0.2, 0) is 9.84 Å². The van der Waals surface area contributed by atoms with Crippen LogP contribution in [-0.4, -0.2) is 42.2 Å². The summed E-state index contributed by atoms with van der Waals surface area (Å²) in [5, 5.41) is 11.7. The first-order valence-corrected chi connectivity index (χ1v) is 11.4. The van der Waals surface area contributed by atoms with E-state index >= 15 is 0 Å². The van der Waals surface area contributed by atoms with E-state index in [1.165, 1.54) is 0 Å². The summed E-state index contributed by atoms with van der Waals surface area (Å²) in [6.45, 7) is 1.00. The van der Waals surface area contributed by atoms with E-state index in [2.05, 4.69) is 4.98 Å². The quantitative estimate of drug-likeness (QED) is 0.510. The molecule has 3 heterocycles. The zero-order chi connectivity index (χ0) is 20.1. The second-order valence-electron chi connectivity index (χ2n) is 6.82. The van der Waals surface area contributed by atoms with Gasteiger partial charge in [0.05, 0.1) is 16.0 Å². The summed E-state index contributed by atoms with van der Waals surface area (Å²) in [5.74, 6) is 0. The third kappa shape index (κ3) is 3.20. The van der Waals surface area contributed by atoms with Gasteiger partial charge in [-0.15, -0.1) is 0 Å². The number of para-hydroxylation sites is 2. The van der Waals surface area contributed by atoms with Crippen LogP contribution in [0.4, 0.5) is 10.7 Å². The van der Waals surface area contributed by atoms with Crippen molar-refractivity contribution in [2.24, 2.45) is 0 Å². The van der Waals surface area contributed by atoms with Crippen molar-refractivity contribution in [3.8, 4) is 0 Å². The number of imidazole rings is 1. The number of benzene rings is 1. The molecule has 1 aromatic carbocycles. The summed E-state index contributed by atoms with van der Waals surface area (Å²) in [6.07, 6.45) is 2.30. The van der Waals surface area contributed by atoms with E-state index in [-0.39, 0.29) is 21.6 Å². The molecule has 0 bridgehead atoms. The van der Waals surface area contributed by atoms with Gasteiger partial charge < -0.3 is 9.88 Å². The molecule has 0 atom stereocenters. The highest BCUT2D eigenvalue weighted by molar-refractivity contribution is 7.92. The largest absolute Gasteiger partial charge is 0.358 e. The zero-order valence-electron chi connectivity index (χ0n) is 15.0. The van der Waals surface area contributed by atoms with E-state index in [0.29, 0.717) is 30.9 Å². The van der Waals surface area contributed by atoms with Crippen molar-refractivity contribution < 1.29 is 13.3 Å². The third-order valence-corrected chi connectivity index (χ3v) is 7.96. The number of anilines is 1. The predicted octanol–water partition coefficient (Wildman–Crippen LogP) is 2.54. The zero-order valence-corrected chi connectivity index (χ0v) is 16.6. The molecule has 0 radical (unpaired) electrons. The van der Waals surface area contributed by atoms with Gasteiger partial charge in [-0.2, -0.15) is 0 Å². The van der Waals surface area contributed by atoms with Gasteiger partial charge in [-0.25, -0.2) is 13.2 Å². The minimum absolute atomic E-state index is 0.0100. The summed E-state index contributed by atoms with van der Waals surface area (Å²) < 4.78 is 25.3. The van der Waals surface area contributed by atoms with E-state index < -0.39 is 14.8 Å². The molecule has 9 nitrogen and oxygen atoms in total. The molecule has 0 saturated carbocycles. The molecule has 1 saturated heterocycles. The van der Waals surface area contributed by atoms with Gasteiger partial charge in [0.15, 0.2) is 14.8 Å². The fourth-order valence-corrected chi connectivity index (χ4v) is 5.73. The number of aromatic nitrogens is 2. The van der Waals surface area contributed by atoms with Crippen LogP contribution in [0.5, 0.6) is 0 Å². The number of nitrogens with one attached hydrogen (secondary N) is 1. The van der Waals surface area contributed by atoms with E-state index in [9.17, 15) is 23.3 Å². The number of thiophene rings is 1. The Bertz CT molecular complexity index is 1220. The summed E-state index contributed by atoms with van der Waals surface area (Å²) in [4.78, 5) is 27.9. The molecule has 1 fully saturated rings. The Kier molecular flexibility index (Phi) is 4.50.